The zero-order valence-corrected chi connectivity index (χ0v) is 12.2. The monoisotopic (exact) mass is 275 g/mol. The Morgan fingerprint density at radius 3 is 2.40 bits per heavy atom. The Morgan fingerprint density at radius 1 is 1.10 bits per heavy atom. The highest BCUT2D eigenvalue weighted by atomic mass is 15.3. The van der Waals surface area contributed by atoms with Gasteiger partial charge < -0.3 is 10.7 Å². The first kappa shape index (κ1) is 13.6. The standard InChI is InChI=1S/C15H25N5/c1-2-10-3-7-12(8-4-10)17-13-9-14(20-16)19-15(18-13)11-5-6-11/h9-12H,2-8,16H2,1H3,(H2,17,18,19,20). The number of nitrogens with two attached hydrogens (primary N) is 1. The minimum atomic E-state index is 0.541. The molecule has 0 amide bonds. The molecule has 3 rings (SSSR count). The van der Waals surface area contributed by atoms with Crippen molar-refractivity contribution < 1.29 is 0 Å². The molecule has 1 heterocycles. The van der Waals surface area contributed by atoms with E-state index in [-0.39, 0.29) is 0 Å². The van der Waals surface area contributed by atoms with Crippen LogP contribution in [0.15, 0.2) is 6.07 Å². The highest BCUT2D eigenvalue weighted by Crippen LogP contribution is 2.39. The van der Waals surface area contributed by atoms with Crippen LogP contribution >= 0.6 is 0 Å². The third-order valence-electron chi connectivity index (χ3n) is 4.61. The summed E-state index contributed by atoms with van der Waals surface area (Å²) >= 11 is 0. The van der Waals surface area contributed by atoms with E-state index < -0.39 is 0 Å². The minimum absolute atomic E-state index is 0.541. The zero-order chi connectivity index (χ0) is 13.9. The van der Waals surface area contributed by atoms with Crippen LogP contribution < -0.4 is 16.6 Å². The number of nitrogens with zero attached hydrogens (tertiary/aromatic N) is 2. The van der Waals surface area contributed by atoms with Gasteiger partial charge in [-0.1, -0.05) is 13.3 Å². The summed E-state index contributed by atoms with van der Waals surface area (Å²) in [6.45, 7) is 2.30. The first-order chi connectivity index (χ1) is 9.78. The number of anilines is 2. The highest BCUT2D eigenvalue weighted by Gasteiger charge is 2.28. The molecule has 2 aliphatic rings. The molecule has 2 saturated carbocycles. The molecule has 0 bridgehead atoms. The van der Waals surface area contributed by atoms with Crippen LogP contribution in [0.5, 0.6) is 0 Å². The normalized spacial score (nSPS) is 26.3. The molecule has 0 unspecified atom stereocenters. The Kier molecular flexibility index (Phi) is 4.05. The average molecular weight is 275 g/mol. The predicted octanol–water partition coefficient (Wildman–Crippen LogP) is 3.02. The van der Waals surface area contributed by atoms with Gasteiger partial charge >= 0.3 is 0 Å². The third kappa shape index (κ3) is 3.20. The number of aromatic nitrogens is 2. The van der Waals surface area contributed by atoms with Gasteiger partial charge in [-0.3, -0.25) is 0 Å². The van der Waals surface area contributed by atoms with Crippen LogP contribution in [-0.2, 0) is 0 Å². The fraction of sp³-hybridized carbons (Fsp3) is 0.733. The summed E-state index contributed by atoms with van der Waals surface area (Å²) in [7, 11) is 0. The lowest BCUT2D eigenvalue weighted by Crippen LogP contribution is -2.26. The fourth-order valence-corrected chi connectivity index (χ4v) is 3.06. The van der Waals surface area contributed by atoms with Gasteiger partial charge in [0.15, 0.2) is 0 Å². The van der Waals surface area contributed by atoms with Gasteiger partial charge in [-0.15, -0.1) is 0 Å². The fourth-order valence-electron chi connectivity index (χ4n) is 3.06. The Labute approximate surface area is 120 Å². The van der Waals surface area contributed by atoms with Crippen molar-refractivity contribution in [3.8, 4) is 0 Å². The maximum atomic E-state index is 5.51. The molecule has 2 aliphatic carbocycles. The van der Waals surface area contributed by atoms with Gasteiger partial charge in [0.25, 0.3) is 0 Å². The molecule has 4 N–H and O–H groups in total. The van der Waals surface area contributed by atoms with Gasteiger partial charge in [0.2, 0.25) is 0 Å². The van der Waals surface area contributed by atoms with Crippen LogP contribution in [0.2, 0.25) is 0 Å². The molecule has 0 aliphatic heterocycles. The molecule has 0 spiro atoms. The Hall–Kier alpha value is -1.36. The van der Waals surface area contributed by atoms with Crippen molar-refractivity contribution >= 4 is 11.6 Å². The summed E-state index contributed by atoms with van der Waals surface area (Å²) in [4.78, 5) is 9.10. The first-order valence-corrected chi connectivity index (χ1v) is 7.90. The smallest absolute Gasteiger partial charge is 0.145 e. The van der Waals surface area contributed by atoms with E-state index in [0.717, 1.165) is 17.6 Å². The molecule has 5 nitrogen and oxygen atoms in total. The van der Waals surface area contributed by atoms with Crippen molar-refractivity contribution in [1.29, 1.82) is 0 Å². The topological polar surface area (TPSA) is 75.9 Å². The van der Waals surface area contributed by atoms with Gasteiger partial charge in [-0.25, -0.2) is 15.8 Å². The van der Waals surface area contributed by atoms with Gasteiger partial charge in [-0.2, -0.15) is 0 Å². The van der Waals surface area contributed by atoms with Crippen molar-refractivity contribution in [2.75, 3.05) is 10.7 Å². The second-order valence-electron chi connectivity index (χ2n) is 6.19. The lowest BCUT2D eigenvalue weighted by Gasteiger charge is -2.28. The molecule has 1 aromatic heterocycles. The summed E-state index contributed by atoms with van der Waals surface area (Å²) in [5.41, 5.74) is 2.65. The Bertz CT molecular complexity index is 450. The molecule has 20 heavy (non-hydrogen) atoms. The van der Waals surface area contributed by atoms with E-state index in [9.17, 15) is 0 Å². The Morgan fingerprint density at radius 2 is 1.80 bits per heavy atom. The van der Waals surface area contributed by atoms with Crippen molar-refractivity contribution in [1.82, 2.24) is 9.97 Å². The number of hydrazine groups is 1. The Balaban J connectivity index is 1.66. The molecule has 110 valence electrons. The van der Waals surface area contributed by atoms with Crippen LogP contribution in [0.25, 0.3) is 0 Å². The van der Waals surface area contributed by atoms with E-state index in [1.165, 1.54) is 44.9 Å². The number of hydrogen-bond donors (Lipinski definition) is 3. The van der Waals surface area contributed by atoms with Crippen LogP contribution in [0, 0.1) is 5.92 Å². The average Bonchev–Trinajstić information content (AvgIpc) is 3.32. The maximum absolute atomic E-state index is 5.51. The van der Waals surface area contributed by atoms with Crippen LogP contribution in [0.3, 0.4) is 0 Å². The van der Waals surface area contributed by atoms with E-state index >= 15 is 0 Å². The van der Waals surface area contributed by atoms with E-state index in [0.29, 0.717) is 17.8 Å². The number of nitrogen functional groups attached to an aromatic ring is 1. The van der Waals surface area contributed by atoms with Crippen molar-refractivity contribution in [2.45, 2.75) is 63.8 Å². The van der Waals surface area contributed by atoms with Crippen molar-refractivity contribution in [3.63, 3.8) is 0 Å². The van der Waals surface area contributed by atoms with Gasteiger partial charge in [-0.05, 0) is 44.4 Å². The third-order valence-corrected chi connectivity index (χ3v) is 4.61. The second-order valence-corrected chi connectivity index (χ2v) is 6.19. The van der Waals surface area contributed by atoms with Crippen molar-refractivity contribution in [3.05, 3.63) is 11.9 Å². The van der Waals surface area contributed by atoms with Gasteiger partial charge in [0.05, 0.1) is 0 Å². The summed E-state index contributed by atoms with van der Waals surface area (Å²) < 4.78 is 0. The number of rotatable bonds is 5. The second kappa shape index (κ2) is 5.95. The predicted molar refractivity (Wildman–Crippen MR) is 81.5 cm³/mol. The molecule has 1 aromatic rings. The number of hydrogen-bond acceptors (Lipinski definition) is 5. The lowest BCUT2D eigenvalue weighted by molar-refractivity contribution is 0.330. The van der Waals surface area contributed by atoms with E-state index in [2.05, 4.69) is 27.6 Å². The van der Waals surface area contributed by atoms with Gasteiger partial charge in [0.1, 0.15) is 17.5 Å². The van der Waals surface area contributed by atoms with E-state index in [1.54, 1.807) is 0 Å². The quantitative estimate of drug-likeness (QED) is 0.569. The molecule has 5 heteroatoms. The van der Waals surface area contributed by atoms with Crippen LogP contribution in [0.1, 0.15) is 63.6 Å². The molecular weight excluding hydrogens is 250 g/mol. The zero-order valence-electron chi connectivity index (χ0n) is 12.2. The van der Waals surface area contributed by atoms with Crippen molar-refractivity contribution in [2.24, 2.45) is 11.8 Å². The molecule has 2 fully saturated rings. The number of nitrogens with one attached hydrogen (secondary N) is 2. The largest absolute Gasteiger partial charge is 0.367 e. The summed E-state index contributed by atoms with van der Waals surface area (Å²) in [6, 6.07) is 2.46. The maximum Gasteiger partial charge on any atom is 0.145 e. The molecule has 0 saturated heterocycles. The summed E-state index contributed by atoms with van der Waals surface area (Å²) in [6.07, 6.45) is 8.87. The van der Waals surface area contributed by atoms with Crippen LogP contribution in [0.4, 0.5) is 11.6 Å². The van der Waals surface area contributed by atoms with E-state index in [1.807, 2.05) is 6.07 Å². The molecule has 0 atom stereocenters. The molecule has 0 radical (unpaired) electrons. The summed E-state index contributed by atoms with van der Waals surface area (Å²) in [5, 5.41) is 3.58. The van der Waals surface area contributed by atoms with Gasteiger partial charge in [0, 0.05) is 18.0 Å². The molecule has 0 aromatic carbocycles. The minimum Gasteiger partial charge on any atom is -0.367 e. The van der Waals surface area contributed by atoms with E-state index in [4.69, 9.17) is 5.84 Å². The highest BCUT2D eigenvalue weighted by molar-refractivity contribution is 5.48. The van der Waals surface area contributed by atoms with Crippen LogP contribution in [-0.4, -0.2) is 16.0 Å². The molecular formula is C15H25N5. The SMILES string of the molecule is CCC1CCC(Nc2cc(NN)nc(C3CC3)n2)CC1. The summed E-state index contributed by atoms with van der Waals surface area (Å²) in [5.74, 6) is 9.54. The first-order valence-electron chi connectivity index (χ1n) is 7.90. The lowest BCUT2D eigenvalue weighted by atomic mass is 9.84.